The van der Waals surface area contributed by atoms with Gasteiger partial charge < -0.3 is 41.0 Å². The van der Waals surface area contributed by atoms with Crippen molar-refractivity contribution in [2.75, 3.05) is 84.1 Å². The lowest BCUT2D eigenvalue weighted by Crippen LogP contribution is -2.37. The van der Waals surface area contributed by atoms with Crippen LogP contribution in [0.3, 0.4) is 0 Å². The Morgan fingerprint density at radius 1 is 0.640 bits per heavy atom. The molecule has 2 aliphatic rings. The Morgan fingerprint density at radius 2 is 1.11 bits per heavy atom. The van der Waals surface area contributed by atoms with Crippen LogP contribution in [0.2, 0.25) is 5.02 Å². The number of halogens is 3. The smallest absolute Gasteiger partial charge is 0.229 e. The number of nitrogen functional groups attached to an aromatic ring is 1. The van der Waals surface area contributed by atoms with Gasteiger partial charge in [0.25, 0.3) is 0 Å². The van der Waals surface area contributed by atoms with Crippen LogP contribution in [0, 0.1) is 48.1 Å². The van der Waals surface area contributed by atoms with Gasteiger partial charge in [0.05, 0.1) is 70.9 Å². The van der Waals surface area contributed by atoms with E-state index in [0.29, 0.717) is 109 Å². The first-order valence-corrected chi connectivity index (χ1v) is 23.7. The minimum Gasteiger partial charge on any atom is -0.382 e. The Bertz CT molecular complexity index is 3520. The van der Waals surface area contributed by atoms with Crippen molar-refractivity contribution in [3.63, 3.8) is 0 Å². The molecule has 75 heavy (non-hydrogen) atoms. The number of ether oxygens (including phenoxy) is 2. The molecule has 2 saturated heterocycles. The van der Waals surface area contributed by atoms with Crippen molar-refractivity contribution in [1.29, 1.82) is 10.5 Å². The van der Waals surface area contributed by atoms with Gasteiger partial charge in [-0.05, 0) is 67.9 Å². The number of amides is 2. The fourth-order valence-corrected chi connectivity index (χ4v) is 8.21. The summed E-state index contributed by atoms with van der Waals surface area (Å²) in [7, 11) is 0. The van der Waals surface area contributed by atoms with Crippen LogP contribution in [0.1, 0.15) is 36.1 Å². The van der Waals surface area contributed by atoms with Crippen LogP contribution in [0.15, 0.2) is 85.2 Å². The van der Waals surface area contributed by atoms with Crippen LogP contribution in [-0.4, -0.2) is 104 Å². The predicted octanol–water partition coefficient (Wildman–Crippen LogP) is 8.07. The van der Waals surface area contributed by atoms with Crippen molar-refractivity contribution < 1.29 is 27.8 Å². The number of benzene rings is 2. The molecular weight excluding hydrogens is 986 g/mol. The number of hydrogen-bond donors (Lipinski definition) is 4. The largest absolute Gasteiger partial charge is 0.382 e. The lowest BCUT2D eigenvalue weighted by molar-refractivity contribution is -0.115. The molecule has 0 unspecified atom stereocenters. The molecule has 0 spiro atoms. The minimum atomic E-state index is -0.427. The third kappa shape index (κ3) is 12.2. The van der Waals surface area contributed by atoms with Crippen LogP contribution >= 0.6 is 11.6 Å². The second-order valence-corrected chi connectivity index (χ2v) is 17.1. The number of anilines is 7. The van der Waals surface area contributed by atoms with Crippen LogP contribution in [0.4, 0.5) is 49.6 Å². The molecule has 6 aromatic heterocycles. The van der Waals surface area contributed by atoms with Gasteiger partial charge in [0.15, 0.2) is 17.5 Å². The molecule has 2 aromatic carbocycles. The van der Waals surface area contributed by atoms with Gasteiger partial charge in [0.2, 0.25) is 23.7 Å². The normalized spacial score (nSPS) is 13.1. The third-order valence-corrected chi connectivity index (χ3v) is 12.1. The fraction of sp³-hybridized carbons (Fsp3) is 0.231. The van der Waals surface area contributed by atoms with Gasteiger partial charge in [-0.2, -0.15) is 30.5 Å². The van der Waals surface area contributed by atoms with E-state index in [-0.39, 0.29) is 52.0 Å². The van der Waals surface area contributed by atoms with E-state index in [1.54, 1.807) is 30.6 Å². The Morgan fingerprint density at radius 3 is 1.60 bits per heavy atom. The number of hydrogen-bond acceptors (Lipinski definition) is 18. The van der Waals surface area contributed by atoms with Crippen LogP contribution in [-0.2, 0) is 19.1 Å². The summed E-state index contributed by atoms with van der Waals surface area (Å²) in [4.78, 5) is 62.1. The maximum absolute atomic E-state index is 14.2. The molecule has 8 aromatic rings. The Labute approximate surface area is 433 Å². The van der Waals surface area contributed by atoms with Crippen LogP contribution < -0.4 is 31.5 Å². The van der Waals surface area contributed by atoms with Gasteiger partial charge in [-0.15, -0.1) is 0 Å². The minimum absolute atomic E-state index is 0.0581. The van der Waals surface area contributed by atoms with E-state index in [1.807, 2.05) is 60.0 Å². The molecule has 0 radical (unpaired) electrons. The Kier molecular flexibility index (Phi) is 16.5. The SMILES string of the molecule is CC(=O)Nc1nc(N2CCOCC2)nc(N)c1C#N.CC(=O)Nc1nc(N2CCOCC2)nc(Nc2c(C)c(-c3ccccn3)nc3cc(F)ccc23)c1C#N.Cc1c(-c2ccccn2)nc2cc(F)ccc2c1Cl. The van der Waals surface area contributed by atoms with E-state index in [9.17, 15) is 23.6 Å². The molecule has 2 fully saturated rings. The summed E-state index contributed by atoms with van der Waals surface area (Å²) < 4.78 is 38.2. The monoisotopic (exact) mass is 1030 g/mol. The molecule has 2 amide bonds. The number of nitrogens with zero attached hydrogens (tertiary/aromatic N) is 12. The molecule has 8 heterocycles. The molecule has 10 rings (SSSR count). The van der Waals surface area contributed by atoms with E-state index < -0.39 is 5.82 Å². The first-order chi connectivity index (χ1) is 36.2. The van der Waals surface area contributed by atoms with Crippen molar-refractivity contribution in [1.82, 2.24) is 39.9 Å². The van der Waals surface area contributed by atoms with E-state index >= 15 is 0 Å². The standard InChI is InChI=1S/C26H23FN8O2.C15H10ClFN2.C11H14N6O2/c1-15-22(18-7-6-17(27)13-21(18)31-23(15)20-5-3-4-8-29-20)32-25-19(14-28)24(30-16(2)36)33-26(34-25)35-9-11-37-12-10-35;1-9-14(16)11-6-5-10(17)8-13(11)19-15(9)12-4-2-3-7-18-12;1-7(18)14-10-8(6-12)9(13)15-11(16-10)17-2-4-19-5-3-17/h3-8,13H,9-12H2,1-2H3,(H2,30,31,32,33,34,36);2-8H,1H3;2-5H2,1H3,(H3,13,14,15,16,18). The van der Waals surface area contributed by atoms with Gasteiger partial charge >= 0.3 is 0 Å². The molecule has 2 aliphatic heterocycles. The van der Waals surface area contributed by atoms with Gasteiger partial charge in [-0.25, -0.2) is 18.7 Å². The first-order valence-electron chi connectivity index (χ1n) is 23.3. The number of carbonyl (C=O) groups excluding carboxylic acids is 2. The summed E-state index contributed by atoms with van der Waals surface area (Å²) in [6.07, 6.45) is 3.35. The number of rotatable bonds is 8. The summed E-state index contributed by atoms with van der Waals surface area (Å²) >= 11 is 6.34. The van der Waals surface area contributed by atoms with Gasteiger partial charge in [0, 0.05) is 80.9 Å². The van der Waals surface area contributed by atoms with Gasteiger partial charge in [-0.1, -0.05) is 23.7 Å². The summed E-state index contributed by atoms with van der Waals surface area (Å²) in [5, 5.41) is 29.4. The number of nitrogens with one attached hydrogen (secondary N) is 3. The maximum Gasteiger partial charge on any atom is 0.229 e. The third-order valence-electron chi connectivity index (χ3n) is 11.6. The van der Waals surface area contributed by atoms with Crippen molar-refractivity contribution in [3.05, 3.63) is 124 Å². The lowest BCUT2D eigenvalue weighted by atomic mass is 10.0. The Balaban J connectivity index is 0.000000165. The zero-order valence-corrected chi connectivity index (χ0v) is 41.7. The first kappa shape index (κ1) is 52.2. The van der Waals surface area contributed by atoms with Crippen molar-refractivity contribution in [2.24, 2.45) is 0 Å². The molecule has 0 atom stereocenters. The molecule has 23 heteroatoms. The summed E-state index contributed by atoms with van der Waals surface area (Å²) in [6.45, 7) is 11.0. The lowest BCUT2D eigenvalue weighted by Gasteiger charge is -2.28. The molecule has 0 saturated carbocycles. The number of aromatic nitrogens is 8. The van der Waals surface area contributed by atoms with Gasteiger partial charge in [-0.3, -0.25) is 19.6 Å². The van der Waals surface area contributed by atoms with E-state index in [4.69, 9.17) is 32.1 Å². The molecule has 0 bridgehead atoms. The second-order valence-electron chi connectivity index (χ2n) is 16.8. The Hall–Kier alpha value is -9.09. The van der Waals surface area contributed by atoms with Crippen LogP contribution in [0.5, 0.6) is 0 Å². The summed E-state index contributed by atoms with van der Waals surface area (Å²) in [5.74, 6) is -0.197. The molecular formula is C52H47ClF2N16O4. The molecule has 5 N–H and O–H groups in total. The average molecular weight is 1030 g/mol. The number of fused-ring (bicyclic) bond motifs is 2. The second kappa shape index (κ2) is 23.6. The summed E-state index contributed by atoms with van der Waals surface area (Å²) in [6, 6.07) is 23.8. The quantitative estimate of drug-likeness (QED) is 0.112. The number of morpholine rings is 2. The van der Waals surface area contributed by atoms with E-state index in [1.165, 1.54) is 38.1 Å². The zero-order valence-electron chi connectivity index (χ0n) is 41.0. The fourth-order valence-electron chi connectivity index (χ4n) is 7.96. The van der Waals surface area contributed by atoms with Crippen molar-refractivity contribution >= 4 is 86.1 Å². The van der Waals surface area contributed by atoms with E-state index in [0.717, 1.165) is 22.2 Å². The van der Waals surface area contributed by atoms with Crippen molar-refractivity contribution in [3.8, 4) is 34.9 Å². The van der Waals surface area contributed by atoms with Crippen LogP contribution in [0.25, 0.3) is 44.6 Å². The zero-order chi connectivity index (χ0) is 53.2. The molecule has 380 valence electrons. The highest BCUT2D eigenvalue weighted by Crippen LogP contribution is 2.37. The number of carbonyl (C=O) groups is 2. The molecule has 0 aliphatic carbocycles. The topological polar surface area (TPSA) is 272 Å². The average Bonchev–Trinajstić information content (AvgIpc) is 3.41. The van der Waals surface area contributed by atoms with Gasteiger partial charge in [0.1, 0.15) is 40.7 Å². The number of nitrogens with two attached hydrogens (primary N) is 1. The maximum atomic E-state index is 14.2. The van der Waals surface area contributed by atoms with Crippen molar-refractivity contribution in [2.45, 2.75) is 27.7 Å². The predicted molar refractivity (Wildman–Crippen MR) is 280 cm³/mol. The number of nitriles is 2. The molecule has 20 nitrogen and oxygen atoms in total. The van der Waals surface area contributed by atoms with E-state index in [2.05, 4.69) is 61.9 Å². The summed E-state index contributed by atoms with van der Waals surface area (Å²) in [5.41, 5.74) is 11.6. The number of pyridine rings is 4. The highest BCUT2D eigenvalue weighted by atomic mass is 35.5. The highest BCUT2D eigenvalue weighted by molar-refractivity contribution is 6.36. The highest BCUT2D eigenvalue weighted by Gasteiger charge is 2.24.